The highest BCUT2D eigenvalue weighted by Gasteiger charge is 2.30. The van der Waals surface area contributed by atoms with Crippen LogP contribution in [0.2, 0.25) is 10.0 Å². The molecule has 2 rings (SSSR count). The lowest BCUT2D eigenvalue weighted by Gasteiger charge is -2.16. The molecule has 1 unspecified atom stereocenters. The first-order chi connectivity index (χ1) is 9.47. The summed E-state index contributed by atoms with van der Waals surface area (Å²) in [6.45, 7) is 0.493. The van der Waals surface area contributed by atoms with E-state index >= 15 is 0 Å². The first kappa shape index (κ1) is 14.9. The third-order valence-electron chi connectivity index (χ3n) is 3.14. The van der Waals surface area contributed by atoms with Crippen molar-refractivity contribution in [3.05, 3.63) is 28.2 Å². The van der Waals surface area contributed by atoms with Crippen molar-refractivity contribution in [1.82, 2.24) is 4.90 Å². The Labute approximate surface area is 126 Å². The Balaban J connectivity index is 1.88. The number of amides is 1. The second kappa shape index (κ2) is 6.33. The third-order valence-corrected chi connectivity index (χ3v) is 3.67. The highest BCUT2D eigenvalue weighted by Crippen LogP contribution is 2.27. The summed E-state index contributed by atoms with van der Waals surface area (Å²) in [6, 6.07) is 4.73. The minimum absolute atomic E-state index is 0.173. The van der Waals surface area contributed by atoms with Crippen LogP contribution in [0.1, 0.15) is 6.42 Å². The second-order valence-corrected chi connectivity index (χ2v) is 5.37. The Morgan fingerprint density at radius 2 is 2.15 bits per heavy atom. The van der Waals surface area contributed by atoms with E-state index in [1.54, 1.807) is 12.1 Å². The Kier molecular flexibility index (Phi) is 4.73. The number of nitrogens with zero attached hydrogens (tertiary/aromatic N) is 1. The number of likely N-dealkylation sites (tertiary alicyclic amines) is 1. The van der Waals surface area contributed by atoms with E-state index in [0.29, 0.717) is 28.8 Å². The number of hydrogen-bond donors (Lipinski definition) is 1. The number of halogens is 2. The van der Waals surface area contributed by atoms with Crippen LogP contribution in [0, 0.1) is 5.92 Å². The minimum atomic E-state index is -0.873. The lowest BCUT2D eigenvalue weighted by molar-refractivity contribution is -0.141. The van der Waals surface area contributed by atoms with Crippen LogP contribution < -0.4 is 4.74 Å². The van der Waals surface area contributed by atoms with Gasteiger partial charge in [-0.2, -0.15) is 0 Å². The molecule has 1 heterocycles. The maximum Gasteiger partial charge on any atom is 0.308 e. The van der Waals surface area contributed by atoms with Crippen LogP contribution in [0.4, 0.5) is 0 Å². The van der Waals surface area contributed by atoms with Gasteiger partial charge in [0.05, 0.1) is 10.9 Å². The molecule has 1 atom stereocenters. The molecule has 0 bridgehead atoms. The van der Waals surface area contributed by atoms with Crippen LogP contribution in [0.5, 0.6) is 5.75 Å². The minimum Gasteiger partial charge on any atom is -0.482 e. The average Bonchev–Trinajstić information content (AvgIpc) is 2.87. The lowest BCUT2D eigenvalue weighted by atomic mass is 10.1. The zero-order valence-corrected chi connectivity index (χ0v) is 12.0. The fraction of sp³-hybridized carbons (Fsp3) is 0.385. The molecule has 1 aliphatic heterocycles. The fourth-order valence-electron chi connectivity index (χ4n) is 2.01. The quantitative estimate of drug-likeness (QED) is 0.925. The molecule has 1 aliphatic rings. The molecular formula is C13H13Cl2NO4. The van der Waals surface area contributed by atoms with Gasteiger partial charge in [0.15, 0.2) is 6.61 Å². The van der Waals surface area contributed by atoms with Gasteiger partial charge < -0.3 is 14.7 Å². The molecule has 108 valence electrons. The van der Waals surface area contributed by atoms with Gasteiger partial charge in [-0.3, -0.25) is 9.59 Å². The summed E-state index contributed by atoms with van der Waals surface area (Å²) < 4.78 is 5.33. The third kappa shape index (κ3) is 3.55. The maximum atomic E-state index is 11.9. The van der Waals surface area contributed by atoms with Crippen molar-refractivity contribution in [3.63, 3.8) is 0 Å². The number of carboxylic acid groups (broad SMARTS) is 1. The number of carbonyl (C=O) groups is 2. The number of ether oxygens (including phenoxy) is 1. The normalized spacial score (nSPS) is 18.1. The molecular weight excluding hydrogens is 305 g/mol. The van der Waals surface area contributed by atoms with E-state index in [4.69, 9.17) is 33.0 Å². The topological polar surface area (TPSA) is 66.8 Å². The predicted molar refractivity (Wildman–Crippen MR) is 74.3 cm³/mol. The molecule has 0 aromatic heterocycles. The zero-order valence-electron chi connectivity index (χ0n) is 10.5. The first-order valence-corrected chi connectivity index (χ1v) is 6.81. The first-order valence-electron chi connectivity index (χ1n) is 6.06. The van der Waals surface area contributed by atoms with E-state index in [1.807, 2.05) is 0 Å². The van der Waals surface area contributed by atoms with Gasteiger partial charge in [0, 0.05) is 18.1 Å². The van der Waals surface area contributed by atoms with Gasteiger partial charge in [0.25, 0.3) is 5.91 Å². The van der Waals surface area contributed by atoms with Crippen molar-refractivity contribution in [3.8, 4) is 5.75 Å². The van der Waals surface area contributed by atoms with E-state index in [9.17, 15) is 9.59 Å². The molecule has 1 aromatic rings. The van der Waals surface area contributed by atoms with Crippen LogP contribution in [-0.4, -0.2) is 41.6 Å². The number of hydrogen-bond acceptors (Lipinski definition) is 3. The van der Waals surface area contributed by atoms with Gasteiger partial charge in [0.1, 0.15) is 5.75 Å². The second-order valence-electron chi connectivity index (χ2n) is 4.53. The molecule has 20 heavy (non-hydrogen) atoms. The monoisotopic (exact) mass is 317 g/mol. The maximum absolute atomic E-state index is 11.9. The summed E-state index contributed by atoms with van der Waals surface area (Å²) in [5.41, 5.74) is 0. The van der Waals surface area contributed by atoms with Gasteiger partial charge in [-0.05, 0) is 24.6 Å². The Morgan fingerprint density at radius 3 is 2.75 bits per heavy atom. The summed E-state index contributed by atoms with van der Waals surface area (Å²) in [5.74, 6) is -1.24. The van der Waals surface area contributed by atoms with Crippen molar-refractivity contribution in [2.75, 3.05) is 19.7 Å². The Bertz CT molecular complexity index is 535. The lowest BCUT2D eigenvalue weighted by Crippen LogP contribution is -2.33. The Hall–Kier alpha value is -1.46. The summed E-state index contributed by atoms with van der Waals surface area (Å²) in [7, 11) is 0. The van der Waals surface area contributed by atoms with Crippen molar-refractivity contribution < 1.29 is 19.4 Å². The molecule has 1 amide bonds. The van der Waals surface area contributed by atoms with Gasteiger partial charge >= 0.3 is 5.97 Å². The van der Waals surface area contributed by atoms with Crippen LogP contribution >= 0.6 is 23.2 Å². The molecule has 0 saturated carbocycles. The molecule has 0 aliphatic carbocycles. The summed E-state index contributed by atoms with van der Waals surface area (Å²) in [5, 5.41) is 9.70. The van der Waals surface area contributed by atoms with Crippen molar-refractivity contribution in [2.24, 2.45) is 5.92 Å². The van der Waals surface area contributed by atoms with E-state index < -0.39 is 11.9 Å². The average molecular weight is 318 g/mol. The molecule has 0 spiro atoms. The van der Waals surface area contributed by atoms with E-state index in [-0.39, 0.29) is 19.1 Å². The van der Waals surface area contributed by atoms with E-state index in [0.717, 1.165) is 0 Å². The molecule has 1 N–H and O–H groups in total. The number of carbonyl (C=O) groups excluding carboxylic acids is 1. The standard InChI is InChI=1S/C13H13Cl2NO4/c14-9-1-2-11(10(15)5-9)20-7-12(17)16-4-3-8(6-16)13(18)19/h1-2,5,8H,3-4,6-7H2,(H,18,19). The molecule has 0 radical (unpaired) electrons. The van der Waals surface area contributed by atoms with E-state index in [2.05, 4.69) is 0 Å². The van der Waals surface area contributed by atoms with Gasteiger partial charge in [-0.15, -0.1) is 0 Å². The summed E-state index contributed by atoms with van der Waals surface area (Å²) in [4.78, 5) is 24.2. The SMILES string of the molecule is O=C(O)C1CCN(C(=O)COc2ccc(Cl)cc2Cl)C1. The molecule has 1 saturated heterocycles. The van der Waals surface area contributed by atoms with Gasteiger partial charge in [-0.1, -0.05) is 23.2 Å². The van der Waals surface area contributed by atoms with Crippen LogP contribution in [0.3, 0.4) is 0 Å². The largest absolute Gasteiger partial charge is 0.482 e. The van der Waals surface area contributed by atoms with Crippen molar-refractivity contribution >= 4 is 35.1 Å². The number of benzene rings is 1. The van der Waals surface area contributed by atoms with Crippen LogP contribution in [0.15, 0.2) is 18.2 Å². The molecule has 1 fully saturated rings. The highest BCUT2D eigenvalue weighted by atomic mass is 35.5. The molecule has 5 nitrogen and oxygen atoms in total. The van der Waals surface area contributed by atoms with Gasteiger partial charge in [-0.25, -0.2) is 0 Å². The molecule has 7 heteroatoms. The number of rotatable bonds is 4. The van der Waals surface area contributed by atoms with Crippen molar-refractivity contribution in [2.45, 2.75) is 6.42 Å². The molecule has 1 aromatic carbocycles. The Morgan fingerprint density at radius 1 is 1.40 bits per heavy atom. The number of aliphatic carboxylic acids is 1. The fourth-order valence-corrected chi connectivity index (χ4v) is 2.47. The predicted octanol–water partition coefficient (Wildman–Crippen LogP) is 2.31. The van der Waals surface area contributed by atoms with Crippen LogP contribution in [0.25, 0.3) is 0 Å². The van der Waals surface area contributed by atoms with E-state index in [1.165, 1.54) is 11.0 Å². The highest BCUT2D eigenvalue weighted by molar-refractivity contribution is 6.35. The van der Waals surface area contributed by atoms with Gasteiger partial charge in [0.2, 0.25) is 0 Å². The summed E-state index contributed by atoms with van der Waals surface area (Å²) in [6.07, 6.45) is 0.475. The van der Waals surface area contributed by atoms with Crippen LogP contribution in [-0.2, 0) is 9.59 Å². The summed E-state index contributed by atoms with van der Waals surface area (Å²) >= 11 is 11.7. The number of carboxylic acids is 1. The van der Waals surface area contributed by atoms with Crippen molar-refractivity contribution in [1.29, 1.82) is 0 Å². The zero-order chi connectivity index (χ0) is 14.7. The smallest absolute Gasteiger partial charge is 0.308 e.